The molecular weight excluding hydrogens is 737 g/mol. The smallest absolute Gasteiger partial charge is 0.158 e. The minimum atomic E-state index is 0.269. The highest BCUT2D eigenvalue weighted by Crippen LogP contribution is 2.46. The summed E-state index contributed by atoms with van der Waals surface area (Å²) >= 11 is 0. The summed E-state index contributed by atoms with van der Waals surface area (Å²) in [6.45, 7) is 4.24. The molecule has 6 nitrogen and oxygen atoms in total. The lowest BCUT2D eigenvalue weighted by Crippen LogP contribution is -2.11. The Kier molecular flexibility index (Phi) is 7.95. The van der Waals surface area contributed by atoms with Gasteiger partial charge in [0.05, 0.1) is 5.56 Å². The Morgan fingerprint density at radius 2 is 0.817 bits per heavy atom. The standard InChI is InChI=1S/C54H34N4O2/c1-33-13-9-11-19-47(33)57(39-15-5-3-6-16-39)41-23-21-35-27-43-49(29-37(35)25-41)59-53-46(32-56)54-52(45(31-55)51(43)53)44-28-36-22-24-42(26-38(36)30-50(44)60-54)58(40-17-7-4-8-18-40)48-20-12-10-14-34(48)2/h3-30H,1-2H3. The van der Waals surface area contributed by atoms with Gasteiger partial charge in [-0.15, -0.1) is 0 Å². The molecule has 282 valence electrons. The lowest BCUT2D eigenvalue weighted by Gasteiger charge is -2.27. The molecule has 2 heterocycles. The molecule has 9 aromatic carbocycles. The zero-order valence-electron chi connectivity index (χ0n) is 32.8. The first-order valence-corrected chi connectivity index (χ1v) is 19.9. The molecule has 0 saturated heterocycles. The molecule has 2 aromatic heterocycles. The zero-order valence-corrected chi connectivity index (χ0v) is 32.8. The van der Waals surface area contributed by atoms with Crippen molar-refractivity contribution >= 4 is 99.5 Å². The third kappa shape index (κ3) is 5.40. The largest absolute Gasteiger partial charge is 0.454 e. The zero-order chi connectivity index (χ0) is 40.5. The van der Waals surface area contributed by atoms with Crippen LogP contribution in [-0.2, 0) is 0 Å². The molecule has 0 aliphatic carbocycles. The van der Waals surface area contributed by atoms with Crippen LogP contribution in [0.5, 0.6) is 0 Å². The van der Waals surface area contributed by atoms with Gasteiger partial charge in [0.15, 0.2) is 11.2 Å². The van der Waals surface area contributed by atoms with Crippen molar-refractivity contribution in [1.82, 2.24) is 0 Å². The minimum Gasteiger partial charge on any atom is -0.454 e. The molecule has 60 heavy (non-hydrogen) atoms. The molecule has 0 amide bonds. The average Bonchev–Trinajstić information content (AvgIpc) is 3.83. The number of fused-ring (bicyclic) bond motifs is 8. The second kappa shape index (κ2) is 13.7. The van der Waals surface area contributed by atoms with Gasteiger partial charge in [0.25, 0.3) is 0 Å². The number of hydrogen-bond acceptors (Lipinski definition) is 6. The molecule has 0 bridgehead atoms. The second-order valence-corrected chi connectivity index (χ2v) is 15.3. The van der Waals surface area contributed by atoms with Crippen LogP contribution in [0.4, 0.5) is 34.1 Å². The van der Waals surface area contributed by atoms with Crippen LogP contribution in [0.25, 0.3) is 65.4 Å². The molecule has 0 atom stereocenters. The minimum absolute atomic E-state index is 0.269. The Morgan fingerprint density at radius 3 is 1.23 bits per heavy atom. The van der Waals surface area contributed by atoms with Crippen LogP contribution in [0.2, 0.25) is 0 Å². The van der Waals surface area contributed by atoms with Crippen molar-refractivity contribution in [2.24, 2.45) is 0 Å². The van der Waals surface area contributed by atoms with E-state index in [9.17, 15) is 10.5 Å². The maximum Gasteiger partial charge on any atom is 0.158 e. The fourth-order valence-corrected chi connectivity index (χ4v) is 8.86. The maximum atomic E-state index is 10.9. The van der Waals surface area contributed by atoms with E-state index in [0.29, 0.717) is 38.7 Å². The molecular formula is C54H34N4O2. The summed E-state index contributed by atoms with van der Waals surface area (Å²) < 4.78 is 13.2. The van der Waals surface area contributed by atoms with E-state index in [1.165, 1.54) is 0 Å². The number of anilines is 6. The van der Waals surface area contributed by atoms with Crippen LogP contribution >= 0.6 is 0 Å². The first-order chi connectivity index (χ1) is 29.5. The normalized spacial score (nSPS) is 11.5. The van der Waals surface area contributed by atoms with Crippen molar-refractivity contribution in [2.45, 2.75) is 13.8 Å². The Balaban J connectivity index is 1.09. The highest BCUT2D eigenvalue weighted by atomic mass is 16.3. The maximum absolute atomic E-state index is 10.9. The van der Waals surface area contributed by atoms with Crippen molar-refractivity contribution in [3.63, 3.8) is 0 Å². The lowest BCUT2D eigenvalue weighted by molar-refractivity contribution is 0.654. The third-order valence-corrected chi connectivity index (χ3v) is 11.7. The van der Waals surface area contributed by atoms with Gasteiger partial charge in [0.1, 0.15) is 28.9 Å². The summed E-state index contributed by atoms with van der Waals surface area (Å²) in [4.78, 5) is 4.51. The van der Waals surface area contributed by atoms with E-state index in [-0.39, 0.29) is 5.56 Å². The van der Waals surface area contributed by atoms with Gasteiger partial charge in [-0.3, -0.25) is 0 Å². The predicted octanol–water partition coefficient (Wildman–Crippen LogP) is 15.1. The van der Waals surface area contributed by atoms with Gasteiger partial charge in [-0.2, -0.15) is 10.5 Å². The van der Waals surface area contributed by atoms with Crippen LogP contribution in [0, 0.1) is 36.5 Å². The van der Waals surface area contributed by atoms with Crippen LogP contribution in [0.1, 0.15) is 22.3 Å². The lowest BCUT2D eigenvalue weighted by atomic mass is 9.96. The van der Waals surface area contributed by atoms with E-state index < -0.39 is 0 Å². The van der Waals surface area contributed by atoms with E-state index in [2.05, 4.69) is 157 Å². The van der Waals surface area contributed by atoms with E-state index in [1.807, 2.05) is 48.5 Å². The second-order valence-electron chi connectivity index (χ2n) is 15.3. The fourth-order valence-electron chi connectivity index (χ4n) is 8.86. The van der Waals surface area contributed by atoms with Gasteiger partial charge >= 0.3 is 0 Å². The average molecular weight is 771 g/mol. The summed E-state index contributed by atoms with van der Waals surface area (Å²) in [5.74, 6) is 0. The first-order valence-electron chi connectivity index (χ1n) is 19.9. The molecule has 0 fully saturated rings. The van der Waals surface area contributed by atoms with Crippen LogP contribution in [0.3, 0.4) is 0 Å². The molecule has 11 rings (SSSR count). The van der Waals surface area contributed by atoms with Crippen LogP contribution in [0.15, 0.2) is 179 Å². The number of aryl methyl sites for hydroxylation is 2. The van der Waals surface area contributed by atoms with Crippen molar-refractivity contribution in [2.75, 3.05) is 9.80 Å². The van der Waals surface area contributed by atoms with Gasteiger partial charge in [-0.05, 0) is 131 Å². The highest BCUT2D eigenvalue weighted by Gasteiger charge is 2.26. The number of benzene rings is 9. The van der Waals surface area contributed by atoms with Gasteiger partial charge in [0, 0.05) is 55.7 Å². The summed E-state index contributed by atoms with van der Waals surface area (Å²) in [5.41, 5.74) is 11.2. The number of furan rings is 2. The summed E-state index contributed by atoms with van der Waals surface area (Å²) in [5, 5.41) is 28.4. The van der Waals surface area contributed by atoms with E-state index in [1.54, 1.807) is 0 Å². The van der Waals surface area contributed by atoms with E-state index in [4.69, 9.17) is 8.83 Å². The monoisotopic (exact) mass is 770 g/mol. The molecule has 0 aliphatic rings. The molecule has 0 saturated carbocycles. The van der Waals surface area contributed by atoms with Gasteiger partial charge in [-0.1, -0.05) is 84.9 Å². The Hall–Kier alpha value is -8.32. The van der Waals surface area contributed by atoms with Crippen molar-refractivity contribution in [3.05, 3.63) is 192 Å². The summed E-state index contributed by atoms with van der Waals surface area (Å²) in [6.07, 6.45) is 0. The molecule has 11 aromatic rings. The third-order valence-electron chi connectivity index (χ3n) is 11.7. The van der Waals surface area contributed by atoms with Gasteiger partial charge in [-0.25, -0.2) is 0 Å². The predicted molar refractivity (Wildman–Crippen MR) is 244 cm³/mol. The van der Waals surface area contributed by atoms with Gasteiger partial charge in [0.2, 0.25) is 0 Å². The van der Waals surface area contributed by atoms with Crippen molar-refractivity contribution in [3.8, 4) is 12.1 Å². The van der Waals surface area contributed by atoms with Crippen molar-refractivity contribution < 1.29 is 8.83 Å². The Morgan fingerprint density at radius 1 is 0.400 bits per heavy atom. The summed E-state index contributed by atoms with van der Waals surface area (Å²) in [6, 6.07) is 63.2. The molecule has 6 heteroatoms. The van der Waals surface area contributed by atoms with Crippen LogP contribution in [-0.4, -0.2) is 0 Å². The SMILES string of the molecule is Cc1ccccc1N(c1ccccc1)c1ccc2cc3c(cc2c1)oc1c(C#N)c2oc4cc5cc(N(c6ccccc6)c6ccccc6C)ccc5cc4c2c(C#N)c13. The van der Waals surface area contributed by atoms with E-state index >= 15 is 0 Å². The topological polar surface area (TPSA) is 80.3 Å². The van der Waals surface area contributed by atoms with Gasteiger partial charge < -0.3 is 18.6 Å². The molecule has 0 spiro atoms. The van der Waals surface area contributed by atoms with Crippen molar-refractivity contribution in [1.29, 1.82) is 10.5 Å². The molecule has 0 unspecified atom stereocenters. The molecule has 0 N–H and O–H groups in total. The number of nitrogens with zero attached hydrogens (tertiary/aromatic N) is 4. The quantitative estimate of drug-likeness (QED) is 0.167. The van der Waals surface area contributed by atoms with Crippen LogP contribution < -0.4 is 9.80 Å². The summed E-state index contributed by atoms with van der Waals surface area (Å²) in [7, 11) is 0. The number of hydrogen-bond donors (Lipinski definition) is 0. The fraction of sp³-hybridized carbons (Fsp3) is 0.0370. The number of nitriles is 2. The Labute approximate surface area is 345 Å². The number of rotatable bonds is 6. The molecule has 0 radical (unpaired) electrons. The first kappa shape index (κ1) is 34.9. The van der Waals surface area contributed by atoms with E-state index in [0.717, 1.165) is 77.6 Å². The number of para-hydroxylation sites is 4. The Bertz CT molecular complexity index is 3380. The highest BCUT2D eigenvalue weighted by molar-refractivity contribution is 6.24. The molecule has 0 aliphatic heterocycles.